The monoisotopic (exact) mass is 511 g/mol. The number of carbonyl (C=O) groups is 1. The zero-order valence-electron chi connectivity index (χ0n) is 20.9. The van der Waals surface area contributed by atoms with E-state index in [0.717, 1.165) is 55.9 Å². The summed E-state index contributed by atoms with van der Waals surface area (Å²) in [4.78, 5) is 17.5. The summed E-state index contributed by atoms with van der Waals surface area (Å²) < 4.78 is 45.1. The summed E-state index contributed by atoms with van der Waals surface area (Å²) in [5.74, 6) is 0.750. The average Bonchev–Trinajstić information content (AvgIpc) is 2.89. The number of hydrogen-bond donors (Lipinski definition) is 1. The topological polar surface area (TPSA) is 44.8 Å². The lowest BCUT2D eigenvalue weighted by Gasteiger charge is -2.38. The zero-order chi connectivity index (χ0) is 26.3. The van der Waals surface area contributed by atoms with Crippen molar-refractivity contribution in [1.29, 1.82) is 0 Å². The molecule has 0 aromatic heterocycles. The van der Waals surface area contributed by atoms with Crippen molar-refractivity contribution >= 4 is 11.7 Å². The first-order valence-corrected chi connectivity index (χ1v) is 12.5. The van der Waals surface area contributed by atoms with E-state index in [-0.39, 0.29) is 11.7 Å². The van der Waals surface area contributed by atoms with Gasteiger partial charge in [0.1, 0.15) is 5.75 Å². The van der Waals surface area contributed by atoms with Gasteiger partial charge in [0.25, 0.3) is 0 Å². The molecule has 1 heterocycles. The van der Waals surface area contributed by atoms with Crippen LogP contribution in [0.4, 0.5) is 23.7 Å². The summed E-state index contributed by atoms with van der Waals surface area (Å²) in [6.07, 6.45) is -2.92. The molecule has 1 fully saturated rings. The number of piperidine rings is 1. The molecular weight excluding hydrogens is 479 g/mol. The quantitative estimate of drug-likeness (QED) is 0.362. The normalized spacial score (nSPS) is 14.8. The highest BCUT2D eigenvalue weighted by Crippen LogP contribution is 2.31. The predicted octanol–water partition coefficient (Wildman–Crippen LogP) is 6.80. The number of anilines is 1. The van der Waals surface area contributed by atoms with E-state index in [1.807, 2.05) is 49.4 Å². The summed E-state index contributed by atoms with van der Waals surface area (Å²) >= 11 is 0. The van der Waals surface area contributed by atoms with E-state index in [1.54, 1.807) is 4.90 Å². The molecule has 4 rings (SSSR count). The van der Waals surface area contributed by atoms with Crippen LogP contribution in [0.15, 0.2) is 78.9 Å². The Morgan fingerprint density at radius 2 is 1.68 bits per heavy atom. The van der Waals surface area contributed by atoms with E-state index in [9.17, 15) is 18.0 Å². The van der Waals surface area contributed by atoms with Gasteiger partial charge in [0, 0.05) is 37.9 Å². The first-order chi connectivity index (χ1) is 17.8. The van der Waals surface area contributed by atoms with Gasteiger partial charge in [-0.3, -0.25) is 4.90 Å². The van der Waals surface area contributed by atoms with Gasteiger partial charge in [-0.1, -0.05) is 48.5 Å². The Bertz CT molecular complexity index is 1150. The summed E-state index contributed by atoms with van der Waals surface area (Å²) in [5, 5.41) is 2.70. The highest BCUT2D eigenvalue weighted by molar-refractivity contribution is 5.89. The molecule has 0 atom stereocenters. The maximum atomic E-state index is 13.4. The molecule has 196 valence electrons. The fourth-order valence-corrected chi connectivity index (χ4v) is 4.62. The van der Waals surface area contributed by atoms with Crippen LogP contribution in [0.5, 0.6) is 5.75 Å². The van der Waals surface area contributed by atoms with Gasteiger partial charge in [0.15, 0.2) is 0 Å². The molecular formula is C29H32F3N3O2. The van der Waals surface area contributed by atoms with Crippen LogP contribution in [0.25, 0.3) is 0 Å². The number of ether oxygens (including phenoxy) is 1. The van der Waals surface area contributed by atoms with E-state index in [0.29, 0.717) is 13.2 Å². The lowest BCUT2D eigenvalue weighted by Crippen LogP contribution is -2.48. The van der Waals surface area contributed by atoms with Crippen molar-refractivity contribution in [2.75, 3.05) is 25.0 Å². The number of halogens is 3. The van der Waals surface area contributed by atoms with Gasteiger partial charge in [-0.25, -0.2) is 4.79 Å². The van der Waals surface area contributed by atoms with Crippen LogP contribution in [0.2, 0.25) is 0 Å². The number of nitrogens with zero attached hydrogens (tertiary/aromatic N) is 2. The number of likely N-dealkylation sites (tertiary alicyclic amines) is 1. The van der Waals surface area contributed by atoms with Crippen LogP contribution in [-0.4, -0.2) is 41.6 Å². The van der Waals surface area contributed by atoms with Gasteiger partial charge < -0.3 is 15.0 Å². The highest BCUT2D eigenvalue weighted by Gasteiger charge is 2.31. The fraction of sp³-hybridized carbons (Fsp3) is 0.345. The van der Waals surface area contributed by atoms with Crippen molar-refractivity contribution < 1.29 is 22.7 Å². The first kappa shape index (κ1) is 26.5. The minimum absolute atomic E-state index is 0.0376. The Balaban J connectivity index is 1.47. The predicted molar refractivity (Wildman–Crippen MR) is 138 cm³/mol. The van der Waals surface area contributed by atoms with E-state index >= 15 is 0 Å². The van der Waals surface area contributed by atoms with E-state index < -0.39 is 17.8 Å². The summed E-state index contributed by atoms with van der Waals surface area (Å²) in [6, 6.07) is 22.1. The molecule has 0 bridgehead atoms. The van der Waals surface area contributed by atoms with Crippen LogP contribution in [0, 0.1) is 0 Å². The van der Waals surface area contributed by atoms with Gasteiger partial charge >= 0.3 is 12.2 Å². The van der Waals surface area contributed by atoms with Crippen LogP contribution >= 0.6 is 0 Å². The minimum atomic E-state index is -4.48. The number of hydrogen-bond acceptors (Lipinski definition) is 3. The molecule has 3 aromatic rings. The van der Waals surface area contributed by atoms with Gasteiger partial charge in [-0.15, -0.1) is 0 Å². The van der Waals surface area contributed by atoms with Crippen molar-refractivity contribution in [3.63, 3.8) is 0 Å². The maximum Gasteiger partial charge on any atom is 0.416 e. The molecule has 2 amide bonds. The minimum Gasteiger partial charge on any atom is -0.494 e. The molecule has 1 saturated heterocycles. The molecule has 0 spiro atoms. The number of nitrogens with one attached hydrogen (secondary N) is 1. The third-order valence-corrected chi connectivity index (χ3v) is 6.54. The third kappa shape index (κ3) is 7.49. The van der Waals surface area contributed by atoms with Crippen molar-refractivity contribution in [3.05, 3.63) is 95.6 Å². The Hall–Kier alpha value is -3.52. The van der Waals surface area contributed by atoms with Crippen molar-refractivity contribution in [2.24, 2.45) is 0 Å². The fourth-order valence-electron chi connectivity index (χ4n) is 4.62. The number of carbonyl (C=O) groups excluding carboxylic acids is 1. The lowest BCUT2D eigenvalue weighted by atomic mass is 10.0. The molecule has 37 heavy (non-hydrogen) atoms. The van der Waals surface area contributed by atoms with E-state index in [4.69, 9.17) is 4.74 Å². The summed E-state index contributed by atoms with van der Waals surface area (Å²) in [6.45, 7) is 5.33. The highest BCUT2D eigenvalue weighted by atomic mass is 19.4. The molecule has 0 radical (unpaired) electrons. The van der Waals surface area contributed by atoms with Crippen LogP contribution in [0.1, 0.15) is 36.5 Å². The standard InChI is InChI=1S/C29H32F3N3O2/c1-2-37-27-13-11-23(12-14-27)21-35(28(36)33-25-10-6-9-24(19-25)29(30,31)32)26-15-17-34(18-16-26)20-22-7-4-3-5-8-22/h3-14,19,26H,2,15-18,20-21H2,1H3,(H,33,36). The van der Waals surface area contributed by atoms with Crippen molar-refractivity contribution in [1.82, 2.24) is 9.80 Å². The van der Waals surface area contributed by atoms with Crippen LogP contribution in [0.3, 0.4) is 0 Å². The van der Waals surface area contributed by atoms with Gasteiger partial charge in [0.05, 0.1) is 12.2 Å². The summed E-state index contributed by atoms with van der Waals surface area (Å²) in [5.41, 5.74) is 1.50. The molecule has 1 N–H and O–H groups in total. The second-order valence-electron chi connectivity index (χ2n) is 9.21. The second kappa shape index (κ2) is 12.1. The van der Waals surface area contributed by atoms with Crippen LogP contribution in [-0.2, 0) is 19.3 Å². The number of urea groups is 1. The Kier molecular flexibility index (Phi) is 8.71. The number of rotatable bonds is 8. The molecule has 8 heteroatoms. The van der Waals surface area contributed by atoms with Crippen molar-refractivity contribution in [2.45, 2.75) is 45.1 Å². The molecule has 0 saturated carbocycles. The lowest BCUT2D eigenvalue weighted by molar-refractivity contribution is -0.137. The molecule has 3 aromatic carbocycles. The Morgan fingerprint density at radius 3 is 2.32 bits per heavy atom. The van der Waals surface area contributed by atoms with Gasteiger partial charge in [-0.2, -0.15) is 13.2 Å². The molecule has 0 aliphatic carbocycles. The van der Waals surface area contributed by atoms with Gasteiger partial charge in [0.2, 0.25) is 0 Å². The molecule has 0 unspecified atom stereocenters. The molecule has 5 nitrogen and oxygen atoms in total. The van der Waals surface area contributed by atoms with Gasteiger partial charge in [-0.05, 0) is 61.2 Å². The first-order valence-electron chi connectivity index (χ1n) is 12.5. The third-order valence-electron chi connectivity index (χ3n) is 6.54. The number of benzene rings is 3. The SMILES string of the molecule is CCOc1ccc(CN(C(=O)Nc2cccc(C(F)(F)F)c2)C2CCN(Cc3ccccc3)CC2)cc1. The number of amides is 2. The molecule has 1 aliphatic rings. The van der Waals surface area contributed by atoms with E-state index in [1.165, 1.54) is 17.7 Å². The average molecular weight is 512 g/mol. The van der Waals surface area contributed by atoms with Crippen LogP contribution < -0.4 is 10.1 Å². The number of alkyl halides is 3. The molecule has 1 aliphatic heterocycles. The van der Waals surface area contributed by atoms with E-state index in [2.05, 4.69) is 22.3 Å². The smallest absolute Gasteiger partial charge is 0.416 e. The Labute approximate surface area is 215 Å². The second-order valence-corrected chi connectivity index (χ2v) is 9.21. The zero-order valence-corrected chi connectivity index (χ0v) is 20.9. The van der Waals surface area contributed by atoms with Crippen molar-refractivity contribution in [3.8, 4) is 5.75 Å². The maximum absolute atomic E-state index is 13.4. The summed E-state index contributed by atoms with van der Waals surface area (Å²) in [7, 11) is 0. The largest absolute Gasteiger partial charge is 0.494 e. The Morgan fingerprint density at radius 1 is 0.973 bits per heavy atom.